The summed E-state index contributed by atoms with van der Waals surface area (Å²) in [6.45, 7) is 0. The Labute approximate surface area is 109 Å². The van der Waals surface area contributed by atoms with Crippen molar-refractivity contribution in [2.45, 2.75) is 4.90 Å². The van der Waals surface area contributed by atoms with Gasteiger partial charge in [-0.2, -0.15) is 0 Å². The van der Waals surface area contributed by atoms with Gasteiger partial charge in [-0.15, -0.1) is 0 Å². The molecule has 2 nitrogen and oxygen atoms in total. The van der Waals surface area contributed by atoms with Crippen LogP contribution in [0.4, 0.5) is 0 Å². The van der Waals surface area contributed by atoms with Crippen molar-refractivity contribution in [1.29, 1.82) is 0 Å². The molecule has 0 spiro atoms. The van der Waals surface area contributed by atoms with Crippen LogP contribution in [-0.2, 0) is 9.05 Å². The molecule has 5 heteroatoms. The number of rotatable bonds is 2. The van der Waals surface area contributed by atoms with Crippen molar-refractivity contribution in [2.75, 3.05) is 0 Å². The highest BCUT2D eigenvalue weighted by atomic mass is 35.7. The molecule has 0 amide bonds. The zero-order valence-corrected chi connectivity index (χ0v) is 10.9. The molecule has 0 aromatic heterocycles. The maximum Gasteiger partial charge on any atom is 0.262 e. The molecule has 0 aliphatic heterocycles. The van der Waals surface area contributed by atoms with E-state index in [1.54, 1.807) is 12.1 Å². The first kappa shape index (κ1) is 12.4. The SMILES string of the molecule is O=S(=O)(Cl)c1cccc(-c2ccccc2)c1Cl. The normalized spacial score (nSPS) is 11.4. The molecule has 0 aliphatic carbocycles. The van der Waals surface area contributed by atoms with Crippen LogP contribution in [0.2, 0.25) is 5.02 Å². The summed E-state index contributed by atoms with van der Waals surface area (Å²) in [5.74, 6) is 0. The first-order valence-electron chi connectivity index (χ1n) is 4.79. The van der Waals surface area contributed by atoms with Crippen molar-refractivity contribution < 1.29 is 8.42 Å². The average molecular weight is 287 g/mol. The quantitative estimate of drug-likeness (QED) is 0.784. The molecule has 17 heavy (non-hydrogen) atoms. The standard InChI is InChI=1S/C12H8Cl2O2S/c13-12-10(9-5-2-1-3-6-9)7-4-8-11(12)17(14,15)16/h1-8H. The summed E-state index contributed by atoms with van der Waals surface area (Å²) in [7, 11) is 1.49. The average Bonchev–Trinajstić information content (AvgIpc) is 2.29. The fraction of sp³-hybridized carbons (Fsp3) is 0. The lowest BCUT2D eigenvalue weighted by Crippen LogP contribution is -1.93. The minimum absolute atomic E-state index is 0.0674. The zero-order valence-electron chi connectivity index (χ0n) is 8.60. The smallest absolute Gasteiger partial charge is 0.207 e. The second-order valence-electron chi connectivity index (χ2n) is 3.42. The van der Waals surface area contributed by atoms with Crippen LogP contribution in [0.15, 0.2) is 53.4 Å². The molecular formula is C12H8Cl2O2S. The maximum absolute atomic E-state index is 11.3. The monoisotopic (exact) mass is 286 g/mol. The molecule has 2 aromatic carbocycles. The topological polar surface area (TPSA) is 34.1 Å². The Kier molecular flexibility index (Phi) is 3.43. The third-order valence-electron chi connectivity index (χ3n) is 2.31. The summed E-state index contributed by atoms with van der Waals surface area (Å²) in [6, 6.07) is 14.0. The summed E-state index contributed by atoms with van der Waals surface area (Å²) >= 11 is 6.06. The lowest BCUT2D eigenvalue weighted by atomic mass is 10.1. The predicted octanol–water partition coefficient (Wildman–Crippen LogP) is 3.93. The van der Waals surface area contributed by atoms with E-state index in [0.29, 0.717) is 5.56 Å². The minimum atomic E-state index is -3.82. The molecule has 0 saturated heterocycles. The van der Waals surface area contributed by atoms with Crippen LogP contribution in [-0.4, -0.2) is 8.42 Å². The summed E-state index contributed by atoms with van der Waals surface area (Å²) in [4.78, 5) is -0.0674. The summed E-state index contributed by atoms with van der Waals surface area (Å²) < 4.78 is 22.6. The Hall–Kier alpha value is -1.03. The molecular weight excluding hydrogens is 279 g/mol. The summed E-state index contributed by atoms with van der Waals surface area (Å²) in [6.07, 6.45) is 0. The van der Waals surface area contributed by atoms with E-state index in [2.05, 4.69) is 0 Å². The van der Waals surface area contributed by atoms with Crippen LogP contribution in [0.3, 0.4) is 0 Å². The zero-order chi connectivity index (χ0) is 12.5. The van der Waals surface area contributed by atoms with Gasteiger partial charge < -0.3 is 0 Å². The third kappa shape index (κ3) is 2.63. The first-order valence-corrected chi connectivity index (χ1v) is 7.47. The second-order valence-corrected chi connectivity index (χ2v) is 6.33. The lowest BCUT2D eigenvalue weighted by molar-refractivity contribution is 0.609. The van der Waals surface area contributed by atoms with Gasteiger partial charge in [-0.25, -0.2) is 8.42 Å². The molecule has 2 rings (SSSR count). The van der Waals surface area contributed by atoms with Crippen LogP contribution < -0.4 is 0 Å². The van der Waals surface area contributed by atoms with Gasteiger partial charge in [0.05, 0.1) is 5.02 Å². The van der Waals surface area contributed by atoms with Crippen molar-refractivity contribution >= 4 is 31.3 Å². The van der Waals surface area contributed by atoms with E-state index < -0.39 is 9.05 Å². The van der Waals surface area contributed by atoms with Crippen LogP contribution in [0, 0.1) is 0 Å². The Bertz CT molecular complexity index is 637. The first-order chi connectivity index (χ1) is 8.00. The van der Waals surface area contributed by atoms with Crippen LogP contribution in [0.1, 0.15) is 0 Å². The number of benzene rings is 2. The molecule has 0 atom stereocenters. The van der Waals surface area contributed by atoms with E-state index >= 15 is 0 Å². The van der Waals surface area contributed by atoms with E-state index in [4.69, 9.17) is 22.3 Å². The highest BCUT2D eigenvalue weighted by Crippen LogP contribution is 2.34. The van der Waals surface area contributed by atoms with Crippen molar-refractivity contribution in [3.05, 3.63) is 53.6 Å². The number of hydrogen-bond donors (Lipinski definition) is 0. The Balaban J connectivity index is 2.67. The fourth-order valence-electron chi connectivity index (χ4n) is 1.54. The Morgan fingerprint density at radius 1 is 0.882 bits per heavy atom. The van der Waals surface area contributed by atoms with Gasteiger partial charge in [-0.3, -0.25) is 0 Å². The van der Waals surface area contributed by atoms with Crippen molar-refractivity contribution in [1.82, 2.24) is 0 Å². The molecule has 0 heterocycles. The van der Waals surface area contributed by atoms with Crippen molar-refractivity contribution in [2.24, 2.45) is 0 Å². The van der Waals surface area contributed by atoms with Crippen LogP contribution in [0.25, 0.3) is 11.1 Å². The van der Waals surface area contributed by atoms with Gasteiger partial charge in [0.1, 0.15) is 4.90 Å². The van der Waals surface area contributed by atoms with Gasteiger partial charge in [0, 0.05) is 16.2 Å². The van der Waals surface area contributed by atoms with E-state index in [1.807, 2.05) is 30.3 Å². The highest BCUT2D eigenvalue weighted by molar-refractivity contribution is 8.13. The summed E-state index contributed by atoms with van der Waals surface area (Å²) in [5, 5.41) is 0.147. The fourth-order valence-corrected chi connectivity index (χ4v) is 3.15. The number of halogens is 2. The van der Waals surface area contributed by atoms with Gasteiger partial charge >= 0.3 is 0 Å². The van der Waals surface area contributed by atoms with Crippen LogP contribution >= 0.6 is 22.3 Å². The lowest BCUT2D eigenvalue weighted by Gasteiger charge is -2.07. The van der Waals surface area contributed by atoms with E-state index in [1.165, 1.54) is 6.07 Å². The van der Waals surface area contributed by atoms with Crippen molar-refractivity contribution in [3.63, 3.8) is 0 Å². The number of hydrogen-bond acceptors (Lipinski definition) is 2. The largest absolute Gasteiger partial charge is 0.262 e. The predicted molar refractivity (Wildman–Crippen MR) is 69.9 cm³/mol. The van der Waals surface area contributed by atoms with Gasteiger partial charge in [-0.05, 0) is 11.6 Å². The van der Waals surface area contributed by atoms with Gasteiger partial charge in [0.15, 0.2) is 0 Å². The van der Waals surface area contributed by atoms with Gasteiger partial charge in [-0.1, -0.05) is 54.1 Å². The summed E-state index contributed by atoms with van der Waals surface area (Å²) in [5.41, 5.74) is 1.49. The molecule has 0 radical (unpaired) electrons. The molecule has 0 unspecified atom stereocenters. The van der Waals surface area contributed by atoms with E-state index in [-0.39, 0.29) is 9.92 Å². The molecule has 0 N–H and O–H groups in total. The second kappa shape index (κ2) is 4.69. The van der Waals surface area contributed by atoms with E-state index in [9.17, 15) is 8.42 Å². The highest BCUT2D eigenvalue weighted by Gasteiger charge is 2.17. The molecule has 2 aromatic rings. The third-order valence-corrected chi connectivity index (χ3v) is 4.19. The Morgan fingerprint density at radius 3 is 2.12 bits per heavy atom. The molecule has 0 fully saturated rings. The molecule has 0 aliphatic rings. The minimum Gasteiger partial charge on any atom is -0.207 e. The van der Waals surface area contributed by atoms with Crippen LogP contribution in [0.5, 0.6) is 0 Å². The Morgan fingerprint density at radius 2 is 1.53 bits per heavy atom. The molecule has 0 saturated carbocycles. The maximum atomic E-state index is 11.3. The van der Waals surface area contributed by atoms with Gasteiger partial charge in [0.2, 0.25) is 0 Å². The molecule has 88 valence electrons. The van der Waals surface area contributed by atoms with Gasteiger partial charge in [0.25, 0.3) is 9.05 Å². The van der Waals surface area contributed by atoms with Crippen molar-refractivity contribution in [3.8, 4) is 11.1 Å². The van der Waals surface area contributed by atoms with E-state index in [0.717, 1.165) is 5.56 Å². The molecule has 0 bridgehead atoms.